The first-order valence-electron chi connectivity index (χ1n) is 5.27. The SMILES string of the molecule is CCNC(Cc1cncs1)c1ncccn1. The average Bonchev–Trinajstić information content (AvgIpc) is 2.83. The molecular weight excluding hydrogens is 220 g/mol. The molecule has 0 aliphatic heterocycles. The molecule has 2 rings (SSSR count). The first-order chi connectivity index (χ1) is 7.90. The second kappa shape index (κ2) is 5.67. The first-order valence-corrected chi connectivity index (χ1v) is 6.15. The molecule has 1 atom stereocenters. The van der Waals surface area contributed by atoms with E-state index in [1.807, 2.05) is 17.8 Å². The van der Waals surface area contributed by atoms with Gasteiger partial charge in [0.15, 0.2) is 0 Å². The van der Waals surface area contributed by atoms with E-state index in [0.29, 0.717) is 0 Å². The Kier molecular flexibility index (Phi) is 3.96. The van der Waals surface area contributed by atoms with E-state index in [9.17, 15) is 0 Å². The number of hydrogen-bond acceptors (Lipinski definition) is 5. The normalized spacial score (nSPS) is 12.6. The van der Waals surface area contributed by atoms with Crippen molar-refractivity contribution >= 4 is 11.3 Å². The van der Waals surface area contributed by atoms with Crippen molar-refractivity contribution in [2.75, 3.05) is 6.54 Å². The van der Waals surface area contributed by atoms with Gasteiger partial charge in [0.05, 0.1) is 11.6 Å². The van der Waals surface area contributed by atoms with Crippen molar-refractivity contribution in [2.45, 2.75) is 19.4 Å². The van der Waals surface area contributed by atoms with E-state index in [4.69, 9.17) is 0 Å². The fourth-order valence-electron chi connectivity index (χ4n) is 1.54. The second-order valence-electron chi connectivity index (χ2n) is 3.39. The van der Waals surface area contributed by atoms with Crippen LogP contribution in [0.25, 0.3) is 0 Å². The van der Waals surface area contributed by atoms with E-state index in [0.717, 1.165) is 18.8 Å². The van der Waals surface area contributed by atoms with Crippen LogP contribution in [0.4, 0.5) is 0 Å². The molecule has 0 saturated heterocycles. The van der Waals surface area contributed by atoms with Gasteiger partial charge in [-0.2, -0.15) is 0 Å². The Hall–Kier alpha value is -1.33. The summed E-state index contributed by atoms with van der Waals surface area (Å²) in [4.78, 5) is 13.9. The summed E-state index contributed by atoms with van der Waals surface area (Å²) in [6.07, 6.45) is 6.35. The number of nitrogens with zero attached hydrogens (tertiary/aromatic N) is 3. The molecule has 1 unspecified atom stereocenters. The summed E-state index contributed by atoms with van der Waals surface area (Å²) in [5.41, 5.74) is 1.85. The van der Waals surface area contributed by atoms with Crippen molar-refractivity contribution < 1.29 is 0 Å². The van der Waals surface area contributed by atoms with Gasteiger partial charge in [-0.15, -0.1) is 11.3 Å². The molecule has 2 heterocycles. The summed E-state index contributed by atoms with van der Waals surface area (Å²) in [5, 5.41) is 3.39. The van der Waals surface area contributed by atoms with Gasteiger partial charge in [-0.05, 0) is 12.6 Å². The minimum Gasteiger partial charge on any atom is -0.307 e. The molecule has 84 valence electrons. The van der Waals surface area contributed by atoms with E-state index < -0.39 is 0 Å². The number of hydrogen-bond donors (Lipinski definition) is 1. The predicted octanol–water partition coefficient (Wildman–Crippen LogP) is 1.83. The maximum atomic E-state index is 4.29. The van der Waals surface area contributed by atoms with Crippen LogP contribution in [0, 0.1) is 0 Å². The van der Waals surface area contributed by atoms with Crippen LogP contribution < -0.4 is 5.32 Å². The molecular formula is C11H14N4S. The molecule has 0 fully saturated rings. The topological polar surface area (TPSA) is 50.7 Å². The van der Waals surface area contributed by atoms with Crippen LogP contribution in [0.1, 0.15) is 23.7 Å². The van der Waals surface area contributed by atoms with E-state index in [1.54, 1.807) is 23.7 Å². The minimum absolute atomic E-state index is 0.173. The first kappa shape index (κ1) is 11.2. The highest BCUT2D eigenvalue weighted by Gasteiger charge is 2.14. The lowest BCUT2D eigenvalue weighted by molar-refractivity contribution is 0.524. The van der Waals surface area contributed by atoms with Gasteiger partial charge in [0.25, 0.3) is 0 Å². The highest BCUT2D eigenvalue weighted by Crippen LogP contribution is 2.17. The molecule has 0 saturated carbocycles. The predicted molar refractivity (Wildman–Crippen MR) is 64.3 cm³/mol. The monoisotopic (exact) mass is 234 g/mol. The third kappa shape index (κ3) is 2.84. The van der Waals surface area contributed by atoms with Gasteiger partial charge in [0.1, 0.15) is 5.82 Å². The molecule has 0 aliphatic carbocycles. The van der Waals surface area contributed by atoms with E-state index in [1.165, 1.54) is 4.88 Å². The quantitative estimate of drug-likeness (QED) is 0.857. The molecule has 0 spiro atoms. The molecule has 0 aliphatic rings. The summed E-state index contributed by atoms with van der Waals surface area (Å²) in [6.45, 7) is 2.99. The van der Waals surface area contributed by atoms with Crippen LogP contribution in [-0.2, 0) is 6.42 Å². The van der Waals surface area contributed by atoms with Gasteiger partial charge in [-0.1, -0.05) is 6.92 Å². The van der Waals surface area contributed by atoms with Crippen molar-refractivity contribution in [1.29, 1.82) is 0 Å². The molecule has 0 aromatic carbocycles. The standard InChI is InChI=1S/C11H14N4S/c1-2-13-10(6-9-7-12-8-16-9)11-14-4-3-5-15-11/h3-5,7-8,10,13H,2,6H2,1H3. The van der Waals surface area contributed by atoms with Gasteiger partial charge >= 0.3 is 0 Å². The van der Waals surface area contributed by atoms with Gasteiger partial charge < -0.3 is 5.32 Å². The number of nitrogens with one attached hydrogen (secondary N) is 1. The number of rotatable bonds is 5. The Morgan fingerprint density at radius 2 is 2.19 bits per heavy atom. The Morgan fingerprint density at radius 1 is 1.38 bits per heavy atom. The van der Waals surface area contributed by atoms with Crippen molar-refractivity contribution in [3.63, 3.8) is 0 Å². The Bertz CT molecular complexity index is 401. The Labute approximate surface area is 98.8 Å². The Balaban J connectivity index is 2.11. The molecule has 0 bridgehead atoms. The summed E-state index contributed by atoms with van der Waals surface area (Å²) in [7, 11) is 0. The molecule has 0 radical (unpaired) electrons. The summed E-state index contributed by atoms with van der Waals surface area (Å²) >= 11 is 1.67. The molecule has 16 heavy (non-hydrogen) atoms. The van der Waals surface area contributed by atoms with Crippen molar-refractivity contribution in [3.05, 3.63) is 40.9 Å². The smallest absolute Gasteiger partial charge is 0.145 e. The van der Waals surface area contributed by atoms with Crippen LogP contribution in [0.5, 0.6) is 0 Å². The average molecular weight is 234 g/mol. The van der Waals surface area contributed by atoms with Crippen LogP contribution in [0.3, 0.4) is 0 Å². The summed E-state index contributed by atoms with van der Waals surface area (Å²) in [5.74, 6) is 0.845. The lowest BCUT2D eigenvalue weighted by atomic mass is 10.1. The van der Waals surface area contributed by atoms with Crippen LogP contribution in [0.2, 0.25) is 0 Å². The fourth-order valence-corrected chi connectivity index (χ4v) is 2.18. The van der Waals surface area contributed by atoms with Crippen molar-refractivity contribution in [1.82, 2.24) is 20.3 Å². The molecule has 2 aromatic heterocycles. The maximum absolute atomic E-state index is 4.29. The number of aromatic nitrogens is 3. The number of likely N-dealkylation sites (N-methyl/N-ethyl adjacent to an activating group) is 1. The lowest BCUT2D eigenvalue weighted by Gasteiger charge is -2.14. The molecule has 0 amide bonds. The Morgan fingerprint density at radius 3 is 2.81 bits per heavy atom. The van der Waals surface area contributed by atoms with E-state index in [2.05, 4.69) is 27.2 Å². The van der Waals surface area contributed by atoms with Crippen LogP contribution in [-0.4, -0.2) is 21.5 Å². The second-order valence-corrected chi connectivity index (χ2v) is 4.36. The minimum atomic E-state index is 0.173. The summed E-state index contributed by atoms with van der Waals surface area (Å²) < 4.78 is 0. The lowest BCUT2D eigenvalue weighted by Crippen LogP contribution is -2.24. The molecule has 2 aromatic rings. The van der Waals surface area contributed by atoms with Gasteiger partial charge in [-0.3, -0.25) is 4.98 Å². The molecule has 5 heteroatoms. The zero-order chi connectivity index (χ0) is 11.2. The van der Waals surface area contributed by atoms with Gasteiger partial charge in [0, 0.05) is 29.9 Å². The molecule has 1 N–H and O–H groups in total. The highest BCUT2D eigenvalue weighted by molar-refractivity contribution is 7.09. The number of thiazole rings is 1. The zero-order valence-corrected chi connectivity index (χ0v) is 9.94. The third-order valence-corrected chi connectivity index (χ3v) is 3.04. The maximum Gasteiger partial charge on any atom is 0.145 e. The van der Waals surface area contributed by atoms with E-state index >= 15 is 0 Å². The van der Waals surface area contributed by atoms with Crippen molar-refractivity contribution in [2.24, 2.45) is 0 Å². The summed E-state index contributed by atoms with van der Waals surface area (Å²) in [6, 6.07) is 2.01. The highest BCUT2D eigenvalue weighted by atomic mass is 32.1. The fraction of sp³-hybridized carbons (Fsp3) is 0.364. The third-order valence-electron chi connectivity index (χ3n) is 2.24. The largest absolute Gasteiger partial charge is 0.307 e. The van der Waals surface area contributed by atoms with Gasteiger partial charge in [-0.25, -0.2) is 9.97 Å². The van der Waals surface area contributed by atoms with Crippen LogP contribution in [0.15, 0.2) is 30.2 Å². The van der Waals surface area contributed by atoms with Crippen LogP contribution >= 0.6 is 11.3 Å². The molecule has 4 nitrogen and oxygen atoms in total. The van der Waals surface area contributed by atoms with E-state index in [-0.39, 0.29) is 6.04 Å². The van der Waals surface area contributed by atoms with Gasteiger partial charge in [0.2, 0.25) is 0 Å². The van der Waals surface area contributed by atoms with Crippen molar-refractivity contribution in [3.8, 4) is 0 Å². The zero-order valence-electron chi connectivity index (χ0n) is 9.13.